The molecule has 0 saturated carbocycles. The zero-order valence-corrected chi connectivity index (χ0v) is 16.4. The van der Waals surface area contributed by atoms with E-state index in [0.29, 0.717) is 6.42 Å². The molecule has 1 rings (SSSR count). The van der Waals surface area contributed by atoms with Gasteiger partial charge in [0.2, 0.25) is 17.7 Å². The van der Waals surface area contributed by atoms with Gasteiger partial charge in [-0.15, -0.1) is 0 Å². The summed E-state index contributed by atoms with van der Waals surface area (Å²) in [6.07, 6.45) is -0.620. The third kappa shape index (κ3) is 7.31. The topological polar surface area (TPSA) is 216 Å². The Morgan fingerprint density at radius 3 is 2.20 bits per heavy atom. The lowest BCUT2D eigenvalue weighted by Crippen LogP contribution is -2.56. The number of rotatable bonds is 11. The zero-order valence-electron chi connectivity index (χ0n) is 16.4. The maximum absolute atomic E-state index is 12.7. The summed E-state index contributed by atoms with van der Waals surface area (Å²) in [5.41, 5.74) is 5.55. The molecule has 3 amide bonds. The normalized spacial score (nSPS) is 18.7. The van der Waals surface area contributed by atoms with Gasteiger partial charge in [-0.3, -0.25) is 24.0 Å². The van der Waals surface area contributed by atoms with E-state index in [9.17, 15) is 33.9 Å². The van der Waals surface area contributed by atoms with Crippen molar-refractivity contribution in [1.29, 1.82) is 0 Å². The van der Waals surface area contributed by atoms with Crippen LogP contribution in [0.2, 0.25) is 0 Å². The second-order valence-corrected chi connectivity index (χ2v) is 6.96. The van der Waals surface area contributed by atoms with Crippen LogP contribution in [0.15, 0.2) is 0 Å². The standard InChI is InChI=1S/C17H26N4O9/c1-8(19-15(27)9(18)4-5-12(22)23)14(26)20-10(7-13(24)25)16(28)21-6-2-3-11(21)17(29)30/h8-11H,2-7,18H2,1H3,(H,19,27)(H,20,26)(H,22,23)(H,24,25)(H,29,30). The zero-order chi connectivity index (χ0) is 23.0. The molecule has 4 unspecified atom stereocenters. The van der Waals surface area contributed by atoms with E-state index < -0.39 is 66.2 Å². The number of nitrogens with one attached hydrogen (secondary N) is 2. The molecule has 0 aromatic carbocycles. The Kier molecular flexibility index (Phi) is 9.17. The molecule has 0 aromatic rings. The molecule has 1 saturated heterocycles. The van der Waals surface area contributed by atoms with Crippen molar-refractivity contribution < 1.29 is 44.1 Å². The second-order valence-electron chi connectivity index (χ2n) is 6.96. The fourth-order valence-electron chi connectivity index (χ4n) is 2.95. The molecular weight excluding hydrogens is 404 g/mol. The number of hydrogen-bond donors (Lipinski definition) is 6. The van der Waals surface area contributed by atoms with Crippen molar-refractivity contribution in [3.63, 3.8) is 0 Å². The molecule has 1 aliphatic rings. The van der Waals surface area contributed by atoms with Crippen molar-refractivity contribution in [3.8, 4) is 0 Å². The summed E-state index contributed by atoms with van der Waals surface area (Å²) >= 11 is 0. The lowest BCUT2D eigenvalue weighted by Gasteiger charge is -2.27. The smallest absolute Gasteiger partial charge is 0.326 e. The monoisotopic (exact) mass is 430 g/mol. The molecule has 13 heteroatoms. The van der Waals surface area contributed by atoms with Gasteiger partial charge in [0.15, 0.2) is 0 Å². The average molecular weight is 430 g/mol. The summed E-state index contributed by atoms with van der Waals surface area (Å²) in [6, 6.07) is -5.00. The highest BCUT2D eigenvalue weighted by molar-refractivity contribution is 5.95. The summed E-state index contributed by atoms with van der Waals surface area (Å²) < 4.78 is 0. The van der Waals surface area contributed by atoms with E-state index in [1.54, 1.807) is 0 Å². The molecule has 0 spiro atoms. The van der Waals surface area contributed by atoms with Gasteiger partial charge in [-0.25, -0.2) is 4.79 Å². The van der Waals surface area contributed by atoms with Gasteiger partial charge in [-0.1, -0.05) is 0 Å². The van der Waals surface area contributed by atoms with Crippen LogP contribution in [0.3, 0.4) is 0 Å². The molecule has 1 fully saturated rings. The third-order valence-corrected chi connectivity index (χ3v) is 4.57. The second kappa shape index (κ2) is 11.1. The number of carboxylic acids is 3. The molecule has 13 nitrogen and oxygen atoms in total. The molecule has 0 radical (unpaired) electrons. The lowest BCUT2D eigenvalue weighted by molar-refractivity contribution is -0.150. The number of likely N-dealkylation sites (tertiary alicyclic amines) is 1. The van der Waals surface area contributed by atoms with Gasteiger partial charge in [0.25, 0.3) is 0 Å². The predicted molar refractivity (Wildman–Crippen MR) is 99.0 cm³/mol. The van der Waals surface area contributed by atoms with E-state index in [2.05, 4.69) is 10.6 Å². The van der Waals surface area contributed by atoms with Crippen molar-refractivity contribution in [2.24, 2.45) is 5.73 Å². The van der Waals surface area contributed by atoms with Gasteiger partial charge in [-0.2, -0.15) is 0 Å². The van der Waals surface area contributed by atoms with Gasteiger partial charge >= 0.3 is 17.9 Å². The SMILES string of the molecule is CC(NC(=O)C(N)CCC(=O)O)C(=O)NC(CC(=O)O)C(=O)N1CCCC1C(=O)O. The number of amides is 3. The van der Waals surface area contributed by atoms with Crippen LogP contribution in [0.5, 0.6) is 0 Å². The fraction of sp³-hybridized carbons (Fsp3) is 0.647. The van der Waals surface area contributed by atoms with Crippen LogP contribution < -0.4 is 16.4 Å². The predicted octanol–water partition coefficient (Wildman–Crippen LogP) is -2.28. The minimum atomic E-state index is -1.52. The number of carbonyl (C=O) groups excluding carboxylic acids is 3. The Hall–Kier alpha value is -3.22. The molecular formula is C17H26N4O9. The molecule has 168 valence electrons. The van der Waals surface area contributed by atoms with Gasteiger partial charge in [-0.05, 0) is 26.2 Å². The molecule has 7 N–H and O–H groups in total. The van der Waals surface area contributed by atoms with Gasteiger partial charge in [0, 0.05) is 13.0 Å². The van der Waals surface area contributed by atoms with Gasteiger partial charge in [0.1, 0.15) is 18.1 Å². The maximum atomic E-state index is 12.7. The number of nitrogens with two attached hydrogens (primary N) is 1. The number of nitrogens with zero attached hydrogens (tertiary/aromatic N) is 1. The number of hydrogen-bond acceptors (Lipinski definition) is 7. The Morgan fingerprint density at radius 2 is 1.67 bits per heavy atom. The summed E-state index contributed by atoms with van der Waals surface area (Å²) in [5, 5.41) is 31.3. The van der Waals surface area contributed by atoms with Crippen molar-refractivity contribution >= 4 is 35.6 Å². The summed E-state index contributed by atoms with van der Waals surface area (Å²) in [6.45, 7) is 1.39. The molecule has 4 atom stereocenters. The van der Waals surface area contributed by atoms with Crippen molar-refractivity contribution in [2.75, 3.05) is 6.54 Å². The van der Waals surface area contributed by atoms with E-state index in [0.717, 1.165) is 4.90 Å². The van der Waals surface area contributed by atoms with Crippen LogP contribution in [0.25, 0.3) is 0 Å². The Bertz CT molecular complexity index is 711. The first-order chi connectivity index (χ1) is 13.9. The molecule has 0 aromatic heterocycles. The Labute approximate surface area is 171 Å². The quantitative estimate of drug-likeness (QED) is 0.206. The van der Waals surface area contributed by atoms with E-state index in [4.69, 9.17) is 15.9 Å². The molecule has 0 aliphatic carbocycles. The van der Waals surface area contributed by atoms with Crippen LogP contribution in [0.1, 0.15) is 39.0 Å². The largest absolute Gasteiger partial charge is 0.481 e. The number of carboxylic acid groups (broad SMARTS) is 3. The van der Waals surface area contributed by atoms with E-state index in [1.165, 1.54) is 6.92 Å². The Balaban J connectivity index is 2.77. The van der Waals surface area contributed by atoms with E-state index >= 15 is 0 Å². The van der Waals surface area contributed by atoms with E-state index in [-0.39, 0.29) is 25.8 Å². The molecule has 30 heavy (non-hydrogen) atoms. The van der Waals surface area contributed by atoms with Crippen LogP contribution in [-0.4, -0.2) is 86.6 Å². The van der Waals surface area contributed by atoms with Crippen molar-refractivity contribution in [1.82, 2.24) is 15.5 Å². The fourth-order valence-corrected chi connectivity index (χ4v) is 2.95. The molecule has 0 bridgehead atoms. The van der Waals surface area contributed by atoms with Gasteiger partial charge < -0.3 is 36.6 Å². The van der Waals surface area contributed by atoms with Crippen LogP contribution in [0.4, 0.5) is 0 Å². The van der Waals surface area contributed by atoms with Crippen LogP contribution >= 0.6 is 0 Å². The highest BCUT2D eigenvalue weighted by Crippen LogP contribution is 2.19. The third-order valence-electron chi connectivity index (χ3n) is 4.57. The minimum absolute atomic E-state index is 0.118. The average Bonchev–Trinajstić information content (AvgIpc) is 3.14. The summed E-state index contributed by atoms with van der Waals surface area (Å²) in [5.74, 6) is -6.25. The van der Waals surface area contributed by atoms with E-state index in [1.807, 2.05) is 0 Å². The number of carbonyl (C=O) groups is 6. The van der Waals surface area contributed by atoms with Crippen LogP contribution in [-0.2, 0) is 28.8 Å². The first kappa shape index (κ1) is 24.8. The molecule has 1 heterocycles. The summed E-state index contributed by atoms with van der Waals surface area (Å²) in [7, 11) is 0. The van der Waals surface area contributed by atoms with Crippen LogP contribution in [0, 0.1) is 0 Å². The first-order valence-electron chi connectivity index (χ1n) is 9.27. The highest BCUT2D eigenvalue weighted by atomic mass is 16.4. The maximum Gasteiger partial charge on any atom is 0.326 e. The summed E-state index contributed by atoms with van der Waals surface area (Å²) in [4.78, 5) is 70.9. The van der Waals surface area contributed by atoms with Gasteiger partial charge in [0.05, 0.1) is 12.5 Å². The first-order valence-corrected chi connectivity index (χ1v) is 9.27. The van der Waals surface area contributed by atoms with Crippen molar-refractivity contribution in [2.45, 2.75) is 63.2 Å². The molecule has 1 aliphatic heterocycles. The lowest BCUT2D eigenvalue weighted by atomic mass is 10.1. The number of aliphatic carboxylic acids is 3. The van der Waals surface area contributed by atoms with Crippen molar-refractivity contribution in [3.05, 3.63) is 0 Å². The Morgan fingerprint density at radius 1 is 1.03 bits per heavy atom. The highest BCUT2D eigenvalue weighted by Gasteiger charge is 2.38. The minimum Gasteiger partial charge on any atom is -0.481 e.